The molecule has 1 rings (SSSR count). The van der Waals surface area contributed by atoms with Gasteiger partial charge in [-0.05, 0) is 31.2 Å². The number of benzene rings is 1. The Morgan fingerprint density at radius 3 is 2.44 bits per heavy atom. The van der Waals surface area contributed by atoms with Gasteiger partial charge in [0, 0.05) is 24.5 Å². The fraction of sp³-hybridized carbons (Fsp3) is 0.250. The third kappa shape index (κ3) is 3.65. The predicted octanol–water partition coefficient (Wildman–Crippen LogP) is 1.76. The van der Waals surface area contributed by atoms with Gasteiger partial charge in [-0.3, -0.25) is 4.79 Å². The molecule has 0 heterocycles. The van der Waals surface area contributed by atoms with Crippen LogP contribution in [0.2, 0.25) is 0 Å². The molecule has 0 aliphatic carbocycles. The highest BCUT2D eigenvalue weighted by Gasteiger charge is 1.99. The Bertz CT molecular complexity index is 383. The van der Waals surface area contributed by atoms with Crippen LogP contribution in [-0.2, 0) is 4.79 Å². The Kier molecular flexibility index (Phi) is 4.39. The molecule has 0 aromatic heterocycles. The molecular formula is C12H16N2O2. The number of carbonyl (C=O) groups excluding carboxylic acids is 1. The summed E-state index contributed by atoms with van der Waals surface area (Å²) in [6.07, 6.45) is 1.50. The smallest absolute Gasteiger partial charge is 0.250 e. The number of allylic oxidation sites excluding steroid dienone is 1. The second kappa shape index (κ2) is 5.80. The van der Waals surface area contributed by atoms with Gasteiger partial charge in [0.1, 0.15) is 5.75 Å². The number of hydrogen-bond acceptors (Lipinski definition) is 3. The van der Waals surface area contributed by atoms with Crippen LogP contribution in [0.25, 0.3) is 0 Å². The summed E-state index contributed by atoms with van der Waals surface area (Å²) < 4.78 is 5.02. The molecule has 0 bridgehead atoms. The topological polar surface area (TPSA) is 50.4 Å². The summed E-state index contributed by atoms with van der Waals surface area (Å²) in [7, 11) is 3.37. The van der Waals surface area contributed by atoms with Gasteiger partial charge in [0.25, 0.3) is 0 Å². The third-order valence-electron chi connectivity index (χ3n) is 2.10. The Balaban J connectivity index is 2.63. The van der Waals surface area contributed by atoms with Crippen LogP contribution in [0.1, 0.15) is 6.92 Å². The van der Waals surface area contributed by atoms with Crippen molar-refractivity contribution in [2.24, 2.45) is 0 Å². The van der Waals surface area contributed by atoms with Crippen molar-refractivity contribution in [2.45, 2.75) is 6.92 Å². The molecule has 4 nitrogen and oxygen atoms in total. The summed E-state index contributed by atoms with van der Waals surface area (Å²) in [5.74, 6) is 0.608. The fourth-order valence-corrected chi connectivity index (χ4v) is 1.12. The van der Waals surface area contributed by atoms with Crippen molar-refractivity contribution >= 4 is 11.6 Å². The van der Waals surface area contributed by atoms with Gasteiger partial charge < -0.3 is 15.4 Å². The van der Waals surface area contributed by atoms with Crippen LogP contribution in [-0.4, -0.2) is 20.1 Å². The maximum atomic E-state index is 11.5. The second-order valence-electron chi connectivity index (χ2n) is 3.30. The van der Waals surface area contributed by atoms with Crippen LogP contribution < -0.4 is 15.4 Å². The largest absolute Gasteiger partial charge is 0.497 e. The highest BCUT2D eigenvalue weighted by Crippen LogP contribution is 2.14. The maximum Gasteiger partial charge on any atom is 0.250 e. The summed E-state index contributed by atoms with van der Waals surface area (Å²) in [4.78, 5) is 11.5. The average Bonchev–Trinajstić information content (AvgIpc) is 2.29. The number of rotatable bonds is 4. The molecule has 0 aliphatic rings. The SMILES string of the molecule is CN/C(C)=C/C(=O)Nc1ccc(OC)cc1. The van der Waals surface area contributed by atoms with Gasteiger partial charge in [0.15, 0.2) is 0 Å². The first-order chi connectivity index (χ1) is 7.65. The summed E-state index contributed by atoms with van der Waals surface area (Å²) in [5, 5.41) is 5.63. The molecule has 4 heteroatoms. The van der Waals surface area contributed by atoms with Crippen LogP contribution in [0.15, 0.2) is 36.0 Å². The van der Waals surface area contributed by atoms with E-state index in [0.29, 0.717) is 0 Å². The van der Waals surface area contributed by atoms with E-state index in [0.717, 1.165) is 17.1 Å². The number of nitrogens with one attached hydrogen (secondary N) is 2. The van der Waals surface area contributed by atoms with Gasteiger partial charge in [-0.1, -0.05) is 0 Å². The molecule has 0 aliphatic heterocycles. The Morgan fingerprint density at radius 1 is 1.31 bits per heavy atom. The molecule has 16 heavy (non-hydrogen) atoms. The minimum Gasteiger partial charge on any atom is -0.497 e. The lowest BCUT2D eigenvalue weighted by Crippen LogP contribution is -2.12. The minimum atomic E-state index is -0.156. The lowest BCUT2D eigenvalue weighted by molar-refractivity contribution is -0.112. The van der Waals surface area contributed by atoms with Crippen molar-refractivity contribution in [3.8, 4) is 5.75 Å². The highest BCUT2D eigenvalue weighted by atomic mass is 16.5. The Labute approximate surface area is 95.3 Å². The van der Waals surface area contributed by atoms with E-state index in [1.807, 2.05) is 6.92 Å². The molecule has 2 N–H and O–H groups in total. The maximum absolute atomic E-state index is 11.5. The first-order valence-corrected chi connectivity index (χ1v) is 4.97. The van der Waals surface area contributed by atoms with Crippen molar-refractivity contribution in [3.05, 3.63) is 36.0 Å². The van der Waals surface area contributed by atoms with Gasteiger partial charge >= 0.3 is 0 Å². The zero-order valence-electron chi connectivity index (χ0n) is 9.70. The summed E-state index contributed by atoms with van der Waals surface area (Å²) >= 11 is 0. The zero-order chi connectivity index (χ0) is 12.0. The molecule has 0 spiro atoms. The normalized spacial score (nSPS) is 10.8. The number of methoxy groups -OCH3 is 1. The van der Waals surface area contributed by atoms with Gasteiger partial charge in [0.2, 0.25) is 5.91 Å². The number of carbonyl (C=O) groups is 1. The molecule has 1 aromatic carbocycles. The van der Waals surface area contributed by atoms with Crippen LogP contribution in [0.4, 0.5) is 5.69 Å². The minimum absolute atomic E-state index is 0.156. The number of amides is 1. The number of ether oxygens (including phenoxy) is 1. The summed E-state index contributed by atoms with van der Waals surface area (Å²) in [6.45, 7) is 1.83. The molecule has 86 valence electrons. The van der Waals surface area contributed by atoms with Crippen molar-refractivity contribution < 1.29 is 9.53 Å². The summed E-state index contributed by atoms with van der Waals surface area (Å²) in [5.41, 5.74) is 1.55. The van der Waals surface area contributed by atoms with Crippen LogP contribution in [0.5, 0.6) is 5.75 Å². The third-order valence-corrected chi connectivity index (χ3v) is 2.10. The highest BCUT2D eigenvalue weighted by molar-refractivity contribution is 5.99. The Hall–Kier alpha value is -1.97. The predicted molar refractivity (Wildman–Crippen MR) is 64.4 cm³/mol. The molecule has 0 radical (unpaired) electrons. The monoisotopic (exact) mass is 220 g/mol. The van der Waals surface area contributed by atoms with Crippen molar-refractivity contribution in [1.82, 2.24) is 5.32 Å². The zero-order valence-corrected chi connectivity index (χ0v) is 9.70. The van der Waals surface area contributed by atoms with E-state index in [9.17, 15) is 4.79 Å². The van der Waals surface area contributed by atoms with Gasteiger partial charge in [-0.15, -0.1) is 0 Å². The first-order valence-electron chi connectivity index (χ1n) is 4.97. The molecule has 1 aromatic rings. The van der Waals surface area contributed by atoms with Gasteiger partial charge in [-0.2, -0.15) is 0 Å². The van der Waals surface area contributed by atoms with Crippen molar-refractivity contribution in [2.75, 3.05) is 19.5 Å². The van der Waals surface area contributed by atoms with Crippen LogP contribution in [0.3, 0.4) is 0 Å². The second-order valence-corrected chi connectivity index (χ2v) is 3.30. The number of anilines is 1. The lowest BCUT2D eigenvalue weighted by atomic mass is 10.3. The molecule has 0 saturated carbocycles. The van der Waals surface area contributed by atoms with Gasteiger partial charge in [-0.25, -0.2) is 0 Å². The molecule has 0 saturated heterocycles. The molecule has 0 fully saturated rings. The van der Waals surface area contributed by atoms with Crippen LogP contribution in [0, 0.1) is 0 Å². The first kappa shape index (κ1) is 12.1. The summed E-state index contributed by atoms with van der Waals surface area (Å²) in [6, 6.07) is 7.17. The molecule has 1 amide bonds. The van der Waals surface area contributed by atoms with E-state index in [1.54, 1.807) is 38.4 Å². The van der Waals surface area contributed by atoms with E-state index in [-0.39, 0.29) is 5.91 Å². The van der Waals surface area contributed by atoms with Crippen molar-refractivity contribution in [1.29, 1.82) is 0 Å². The molecule has 0 atom stereocenters. The molecule has 0 unspecified atom stereocenters. The van der Waals surface area contributed by atoms with Gasteiger partial charge in [0.05, 0.1) is 7.11 Å². The standard InChI is InChI=1S/C12H16N2O2/c1-9(13-2)8-12(15)14-10-4-6-11(16-3)7-5-10/h4-8,13H,1-3H3,(H,14,15)/b9-8+. The van der Waals surface area contributed by atoms with E-state index < -0.39 is 0 Å². The van der Waals surface area contributed by atoms with E-state index >= 15 is 0 Å². The van der Waals surface area contributed by atoms with E-state index in [4.69, 9.17) is 4.74 Å². The average molecular weight is 220 g/mol. The quantitative estimate of drug-likeness (QED) is 0.760. The van der Waals surface area contributed by atoms with Crippen molar-refractivity contribution in [3.63, 3.8) is 0 Å². The fourth-order valence-electron chi connectivity index (χ4n) is 1.12. The Morgan fingerprint density at radius 2 is 1.94 bits per heavy atom. The number of hydrogen-bond donors (Lipinski definition) is 2. The lowest BCUT2D eigenvalue weighted by Gasteiger charge is -2.04. The van der Waals surface area contributed by atoms with E-state index in [2.05, 4.69) is 10.6 Å². The van der Waals surface area contributed by atoms with Crippen LogP contribution >= 0.6 is 0 Å². The molecular weight excluding hydrogens is 204 g/mol. The van der Waals surface area contributed by atoms with E-state index in [1.165, 1.54) is 6.08 Å².